The molecule has 0 aliphatic rings. The Morgan fingerprint density at radius 2 is 2.21 bits per heavy atom. The van der Waals surface area contributed by atoms with E-state index >= 15 is 0 Å². The number of halogens is 1. The first-order chi connectivity index (χ1) is 9.04. The average Bonchev–Trinajstić information content (AvgIpc) is 2.88. The van der Waals surface area contributed by atoms with Crippen LogP contribution in [0, 0.1) is 13.8 Å². The molecule has 0 spiro atoms. The van der Waals surface area contributed by atoms with Gasteiger partial charge in [-0.05, 0) is 32.9 Å². The van der Waals surface area contributed by atoms with Crippen LogP contribution in [0.5, 0.6) is 0 Å². The van der Waals surface area contributed by atoms with Crippen LogP contribution in [0.3, 0.4) is 0 Å². The normalized spacial score (nSPS) is 12.9. The molecule has 0 amide bonds. The summed E-state index contributed by atoms with van der Waals surface area (Å²) in [5.41, 5.74) is 3.26. The summed E-state index contributed by atoms with van der Waals surface area (Å²) in [5.74, 6) is 0.948. The van der Waals surface area contributed by atoms with Crippen LogP contribution in [-0.4, -0.2) is 16.3 Å². The number of furan rings is 1. The molecule has 1 N–H and O–H groups in total. The summed E-state index contributed by atoms with van der Waals surface area (Å²) in [7, 11) is 1.87. The van der Waals surface area contributed by atoms with Crippen molar-refractivity contribution in [2.24, 2.45) is 7.05 Å². The quantitative estimate of drug-likeness (QED) is 0.915. The van der Waals surface area contributed by atoms with Crippen molar-refractivity contribution >= 4 is 11.6 Å². The molecule has 0 fully saturated rings. The molecule has 2 aromatic rings. The molecule has 0 aromatic carbocycles. The van der Waals surface area contributed by atoms with E-state index in [2.05, 4.69) is 17.3 Å². The van der Waals surface area contributed by atoms with E-state index in [0.717, 1.165) is 30.0 Å². The van der Waals surface area contributed by atoms with E-state index in [1.165, 1.54) is 5.56 Å². The van der Waals surface area contributed by atoms with Gasteiger partial charge in [0.25, 0.3) is 0 Å². The van der Waals surface area contributed by atoms with Crippen LogP contribution in [0.4, 0.5) is 0 Å². The van der Waals surface area contributed by atoms with Gasteiger partial charge >= 0.3 is 0 Å². The summed E-state index contributed by atoms with van der Waals surface area (Å²) >= 11 is 6.31. The molecule has 0 saturated heterocycles. The molecule has 0 saturated carbocycles. The van der Waals surface area contributed by atoms with Crippen molar-refractivity contribution in [1.82, 2.24) is 15.1 Å². The van der Waals surface area contributed by atoms with Gasteiger partial charge in [-0.15, -0.1) is 0 Å². The zero-order valence-electron chi connectivity index (χ0n) is 11.8. The van der Waals surface area contributed by atoms with Gasteiger partial charge in [0.05, 0.1) is 12.0 Å². The highest BCUT2D eigenvalue weighted by molar-refractivity contribution is 6.30. The third kappa shape index (κ3) is 2.85. The second kappa shape index (κ2) is 5.80. The van der Waals surface area contributed by atoms with Gasteiger partial charge in [-0.1, -0.05) is 18.5 Å². The molecule has 1 atom stereocenters. The minimum absolute atomic E-state index is 0.198. The number of rotatable bonds is 5. The maximum absolute atomic E-state index is 6.31. The highest BCUT2D eigenvalue weighted by Gasteiger charge is 2.20. The minimum atomic E-state index is 0.198. The predicted octanol–water partition coefficient (Wildman–Crippen LogP) is 3.18. The highest BCUT2D eigenvalue weighted by Crippen LogP contribution is 2.27. The SMILES string of the molecule is CCNC(Cc1c(C)nn(C)c1Cl)c1ccoc1C. The molecule has 1 unspecified atom stereocenters. The Balaban J connectivity index is 2.29. The molecule has 104 valence electrons. The van der Waals surface area contributed by atoms with E-state index in [9.17, 15) is 0 Å². The molecule has 2 heterocycles. The van der Waals surface area contributed by atoms with Gasteiger partial charge in [0.1, 0.15) is 10.9 Å². The Bertz CT molecular complexity index is 559. The summed E-state index contributed by atoms with van der Waals surface area (Å²) in [6, 6.07) is 2.21. The zero-order valence-corrected chi connectivity index (χ0v) is 12.6. The van der Waals surface area contributed by atoms with Crippen LogP contribution in [0.1, 0.15) is 35.5 Å². The van der Waals surface area contributed by atoms with Crippen LogP contribution in [0.15, 0.2) is 16.7 Å². The third-order valence-corrected chi connectivity index (χ3v) is 3.88. The molecule has 2 rings (SSSR count). The molecule has 2 aromatic heterocycles. The Labute approximate surface area is 118 Å². The first-order valence-electron chi connectivity index (χ1n) is 6.50. The van der Waals surface area contributed by atoms with E-state index in [-0.39, 0.29) is 6.04 Å². The molecule has 0 bridgehead atoms. The molecular formula is C14H20ClN3O. The van der Waals surface area contributed by atoms with E-state index in [1.807, 2.05) is 27.0 Å². The molecule has 0 radical (unpaired) electrons. The summed E-state index contributed by atoms with van der Waals surface area (Å²) in [6.45, 7) is 6.97. The Hall–Kier alpha value is -1.26. The number of nitrogens with zero attached hydrogens (tertiary/aromatic N) is 2. The molecule has 4 nitrogen and oxygen atoms in total. The number of hydrogen-bond donors (Lipinski definition) is 1. The summed E-state index contributed by atoms with van der Waals surface area (Å²) < 4.78 is 7.12. The van der Waals surface area contributed by atoms with Gasteiger partial charge in [0.2, 0.25) is 0 Å². The molecule has 19 heavy (non-hydrogen) atoms. The van der Waals surface area contributed by atoms with Gasteiger partial charge in [-0.25, -0.2) is 0 Å². The average molecular weight is 282 g/mol. The summed E-state index contributed by atoms with van der Waals surface area (Å²) in [4.78, 5) is 0. The van der Waals surface area contributed by atoms with Crippen molar-refractivity contribution in [3.8, 4) is 0 Å². The van der Waals surface area contributed by atoms with Crippen LogP contribution >= 0.6 is 11.6 Å². The smallest absolute Gasteiger partial charge is 0.130 e. The van der Waals surface area contributed by atoms with E-state index < -0.39 is 0 Å². The van der Waals surface area contributed by atoms with Gasteiger partial charge in [-0.2, -0.15) is 5.10 Å². The fraction of sp³-hybridized carbons (Fsp3) is 0.500. The van der Waals surface area contributed by atoms with Crippen molar-refractivity contribution in [3.05, 3.63) is 40.1 Å². The lowest BCUT2D eigenvalue weighted by atomic mass is 10.00. The molecule has 5 heteroatoms. The van der Waals surface area contributed by atoms with Crippen molar-refractivity contribution < 1.29 is 4.42 Å². The molecule has 0 aliphatic heterocycles. The zero-order chi connectivity index (χ0) is 14.0. The standard InChI is InChI=1S/C14H20ClN3O/c1-5-16-13(11-6-7-19-10(11)3)8-12-9(2)17-18(4)14(12)15/h6-7,13,16H,5,8H2,1-4H3. The van der Waals surface area contributed by atoms with Crippen LogP contribution in [0.2, 0.25) is 5.15 Å². The fourth-order valence-corrected chi connectivity index (χ4v) is 2.66. The lowest BCUT2D eigenvalue weighted by Gasteiger charge is -2.17. The van der Waals surface area contributed by atoms with Gasteiger partial charge in [-0.3, -0.25) is 4.68 Å². The minimum Gasteiger partial charge on any atom is -0.469 e. The molecule has 0 aliphatic carbocycles. The second-order valence-corrected chi connectivity index (χ2v) is 5.08. The Morgan fingerprint density at radius 3 is 2.68 bits per heavy atom. The first kappa shape index (κ1) is 14.2. The highest BCUT2D eigenvalue weighted by atomic mass is 35.5. The second-order valence-electron chi connectivity index (χ2n) is 4.72. The summed E-state index contributed by atoms with van der Waals surface area (Å²) in [5, 5.41) is 8.55. The summed E-state index contributed by atoms with van der Waals surface area (Å²) in [6.07, 6.45) is 2.54. The van der Waals surface area contributed by atoms with Crippen LogP contribution < -0.4 is 5.32 Å². The van der Waals surface area contributed by atoms with E-state index in [1.54, 1.807) is 10.9 Å². The Morgan fingerprint density at radius 1 is 1.47 bits per heavy atom. The Kier molecular flexibility index (Phi) is 4.32. The van der Waals surface area contributed by atoms with E-state index in [0.29, 0.717) is 5.15 Å². The number of nitrogens with one attached hydrogen (secondary N) is 1. The lowest BCUT2D eigenvalue weighted by Crippen LogP contribution is -2.23. The van der Waals surface area contributed by atoms with Gasteiger partial charge in [0, 0.05) is 24.2 Å². The number of aromatic nitrogens is 2. The number of likely N-dealkylation sites (N-methyl/N-ethyl adjacent to an activating group) is 1. The van der Waals surface area contributed by atoms with Crippen LogP contribution in [-0.2, 0) is 13.5 Å². The molecular weight excluding hydrogens is 262 g/mol. The maximum atomic E-state index is 6.31. The van der Waals surface area contributed by atoms with Crippen molar-refractivity contribution in [2.75, 3.05) is 6.54 Å². The van der Waals surface area contributed by atoms with Crippen molar-refractivity contribution in [3.63, 3.8) is 0 Å². The fourth-order valence-electron chi connectivity index (χ4n) is 2.40. The predicted molar refractivity (Wildman–Crippen MR) is 76.5 cm³/mol. The van der Waals surface area contributed by atoms with E-state index in [4.69, 9.17) is 16.0 Å². The number of aryl methyl sites for hydroxylation is 3. The first-order valence-corrected chi connectivity index (χ1v) is 6.87. The van der Waals surface area contributed by atoms with Gasteiger partial charge < -0.3 is 9.73 Å². The topological polar surface area (TPSA) is 43.0 Å². The monoisotopic (exact) mass is 281 g/mol. The largest absolute Gasteiger partial charge is 0.469 e. The van der Waals surface area contributed by atoms with Crippen molar-refractivity contribution in [1.29, 1.82) is 0 Å². The van der Waals surface area contributed by atoms with Crippen molar-refractivity contribution in [2.45, 2.75) is 33.2 Å². The number of hydrogen-bond acceptors (Lipinski definition) is 3. The van der Waals surface area contributed by atoms with Gasteiger partial charge in [0.15, 0.2) is 0 Å². The lowest BCUT2D eigenvalue weighted by molar-refractivity contribution is 0.501. The third-order valence-electron chi connectivity index (χ3n) is 3.40. The van der Waals surface area contributed by atoms with Crippen LogP contribution in [0.25, 0.3) is 0 Å². The maximum Gasteiger partial charge on any atom is 0.130 e.